The van der Waals surface area contributed by atoms with Crippen LogP contribution in [0.1, 0.15) is 25.3 Å². The first kappa shape index (κ1) is 27.5. The highest BCUT2D eigenvalue weighted by atomic mass is 32.2. The van der Waals surface area contributed by atoms with E-state index in [0.717, 1.165) is 23.5 Å². The summed E-state index contributed by atoms with van der Waals surface area (Å²) in [5, 5.41) is 2.47. The number of para-hydroxylation sites is 3. The minimum absolute atomic E-state index is 0.435. The molecule has 0 aliphatic carbocycles. The van der Waals surface area contributed by atoms with Gasteiger partial charge < -0.3 is 9.80 Å². The van der Waals surface area contributed by atoms with E-state index >= 15 is 0 Å². The van der Waals surface area contributed by atoms with Gasteiger partial charge in [-0.25, -0.2) is 4.98 Å². The highest BCUT2D eigenvalue weighted by Crippen LogP contribution is 2.42. The first-order chi connectivity index (χ1) is 22.0. The summed E-state index contributed by atoms with van der Waals surface area (Å²) in [6.07, 6.45) is 1.94. The summed E-state index contributed by atoms with van der Waals surface area (Å²) in [5.74, 6) is 1.36. The lowest BCUT2D eigenvalue weighted by molar-refractivity contribution is 0.869. The molecule has 0 bridgehead atoms. The molecule has 8 rings (SSSR count). The Hall–Kier alpha value is -5.00. The third kappa shape index (κ3) is 4.84. The van der Waals surface area contributed by atoms with E-state index in [-0.39, 0.29) is 0 Å². The summed E-state index contributed by atoms with van der Waals surface area (Å²) in [5.41, 5.74) is 9.84. The molecule has 0 unspecified atom stereocenters. The van der Waals surface area contributed by atoms with Crippen molar-refractivity contribution in [1.82, 2.24) is 9.55 Å². The van der Waals surface area contributed by atoms with Gasteiger partial charge in [-0.3, -0.25) is 4.57 Å². The van der Waals surface area contributed by atoms with Crippen LogP contribution < -0.4 is 9.80 Å². The minimum Gasteiger partial charge on any atom is -0.355 e. The third-order valence-corrected chi connectivity index (χ3v) is 9.80. The molecule has 0 atom stereocenters. The molecule has 1 aliphatic rings. The lowest BCUT2D eigenvalue weighted by Crippen LogP contribution is -2.23. The predicted molar refractivity (Wildman–Crippen MR) is 191 cm³/mol. The van der Waals surface area contributed by atoms with E-state index in [2.05, 4.69) is 163 Å². The smallest absolute Gasteiger partial charge is 0.138 e. The first-order valence-corrected chi connectivity index (χ1v) is 16.3. The van der Waals surface area contributed by atoms with E-state index in [0.29, 0.717) is 5.92 Å². The van der Waals surface area contributed by atoms with E-state index in [9.17, 15) is 0 Å². The first-order valence-electron chi connectivity index (χ1n) is 15.5. The van der Waals surface area contributed by atoms with Crippen LogP contribution in [0.15, 0.2) is 143 Å². The Morgan fingerprint density at radius 1 is 0.667 bits per heavy atom. The molecule has 0 N–H and O–H groups in total. The Balaban J connectivity index is 1.20. The van der Waals surface area contributed by atoms with Crippen molar-refractivity contribution in [1.29, 1.82) is 0 Å². The lowest BCUT2D eigenvalue weighted by atomic mass is 9.93. The van der Waals surface area contributed by atoms with Gasteiger partial charge in [-0.1, -0.05) is 92.3 Å². The van der Waals surface area contributed by atoms with Gasteiger partial charge in [-0.2, -0.15) is 0 Å². The number of hydrogen-bond donors (Lipinski definition) is 0. The van der Waals surface area contributed by atoms with Crippen molar-refractivity contribution in [3.8, 4) is 16.9 Å². The molecular weight excluding hydrogens is 569 g/mol. The van der Waals surface area contributed by atoms with Gasteiger partial charge in [-0.05, 0) is 83.3 Å². The van der Waals surface area contributed by atoms with Crippen molar-refractivity contribution in [2.45, 2.75) is 29.6 Å². The zero-order valence-corrected chi connectivity index (χ0v) is 26.5. The highest BCUT2D eigenvalue weighted by molar-refractivity contribution is 7.99. The van der Waals surface area contributed by atoms with Crippen LogP contribution in [0.2, 0.25) is 0 Å². The van der Waals surface area contributed by atoms with Crippen molar-refractivity contribution in [3.05, 3.63) is 139 Å². The monoisotopic (exact) mass is 602 g/mol. The quantitative estimate of drug-likeness (QED) is 0.189. The zero-order chi connectivity index (χ0) is 30.5. The molecule has 0 spiro atoms. The highest BCUT2D eigenvalue weighted by Gasteiger charge is 2.24. The fourth-order valence-electron chi connectivity index (χ4n) is 6.68. The second kappa shape index (κ2) is 11.2. The van der Waals surface area contributed by atoms with Gasteiger partial charge in [0.25, 0.3) is 0 Å². The number of rotatable bonds is 6. The molecule has 220 valence electrons. The summed E-state index contributed by atoms with van der Waals surface area (Å²) in [4.78, 5) is 12.0. The summed E-state index contributed by atoms with van der Waals surface area (Å²) in [6, 6.07) is 46.1. The average Bonchev–Trinajstić information content (AvgIpc) is 3.59. The predicted octanol–water partition coefficient (Wildman–Crippen LogP) is 10.7. The number of aromatic nitrogens is 2. The molecule has 4 nitrogen and oxygen atoms in total. The van der Waals surface area contributed by atoms with Crippen molar-refractivity contribution < 1.29 is 0 Å². The SMILES string of the molecule is CC(C)c1ccccc1-c1ccnc(-n2c3ccccc3c3ccc(Sc4cccc(N5CN(C)c6ccccc65)c4)cc32)c1. The van der Waals surface area contributed by atoms with Crippen molar-refractivity contribution in [3.63, 3.8) is 0 Å². The van der Waals surface area contributed by atoms with Crippen molar-refractivity contribution >= 4 is 50.6 Å². The van der Waals surface area contributed by atoms with Crippen LogP contribution in [0.25, 0.3) is 38.8 Å². The van der Waals surface area contributed by atoms with Crippen LogP contribution in [0.4, 0.5) is 17.1 Å². The van der Waals surface area contributed by atoms with Gasteiger partial charge in [0, 0.05) is 39.5 Å². The molecule has 5 heteroatoms. The Kier molecular flexibility index (Phi) is 6.84. The number of anilines is 3. The zero-order valence-electron chi connectivity index (χ0n) is 25.7. The van der Waals surface area contributed by atoms with Crippen LogP contribution in [0.3, 0.4) is 0 Å². The molecule has 5 aromatic carbocycles. The normalized spacial score (nSPS) is 12.9. The number of nitrogens with zero attached hydrogens (tertiary/aromatic N) is 4. The molecule has 3 heterocycles. The molecule has 45 heavy (non-hydrogen) atoms. The van der Waals surface area contributed by atoms with Gasteiger partial charge in [0.05, 0.1) is 29.1 Å². The van der Waals surface area contributed by atoms with Gasteiger partial charge in [0.15, 0.2) is 0 Å². The Morgan fingerprint density at radius 3 is 2.31 bits per heavy atom. The molecule has 7 aromatic rings. The van der Waals surface area contributed by atoms with Gasteiger partial charge >= 0.3 is 0 Å². The second-order valence-electron chi connectivity index (χ2n) is 12.0. The maximum absolute atomic E-state index is 4.92. The summed E-state index contributed by atoms with van der Waals surface area (Å²) < 4.78 is 2.32. The van der Waals surface area contributed by atoms with E-state index in [1.807, 2.05) is 6.20 Å². The second-order valence-corrected chi connectivity index (χ2v) is 13.2. The van der Waals surface area contributed by atoms with E-state index < -0.39 is 0 Å². The van der Waals surface area contributed by atoms with Crippen LogP contribution in [0.5, 0.6) is 0 Å². The summed E-state index contributed by atoms with van der Waals surface area (Å²) in [7, 11) is 2.15. The lowest BCUT2D eigenvalue weighted by Gasteiger charge is -2.20. The largest absolute Gasteiger partial charge is 0.355 e. The van der Waals surface area contributed by atoms with Gasteiger partial charge in [-0.15, -0.1) is 0 Å². The van der Waals surface area contributed by atoms with Crippen LogP contribution in [0, 0.1) is 0 Å². The van der Waals surface area contributed by atoms with Crippen molar-refractivity contribution in [2.24, 2.45) is 0 Å². The van der Waals surface area contributed by atoms with E-state index in [4.69, 9.17) is 4.98 Å². The number of hydrogen-bond acceptors (Lipinski definition) is 4. The Labute approximate surface area is 268 Å². The molecule has 2 aromatic heterocycles. The van der Waals surface area contributed by atoms with Crippen LogP contribution in [-0.2, 0) is 0 Å². The number of pyridine rings is 1. The van der Waals surface area contributed by atoms with Crippen molar-refractivity contribution in [2.75, 3.05) is 23.5 Å². The van der Waals surface area contributed by atoms with Crippen LogP contribution in [-0.4, -0.2) is 23.3 Å². The average molecular weight is 603 g/mol. The maximum Gasteiger partial charge on any atom is 0.138 e. The minimum atomic E-state index is 0.435. The third-order valence-electron chi connectivity index (χ3n) is 8.82. The molecule has 0 amide bonds. The molecule has 0 fully saturated rings. The molecule has 1 aliphatic heterocycles. The van der Waals surface area contributed by atoms with Gasteiger partial charge in [0.2, 0.25) is 0 Å². The number of benzene rings is 5. The van der Waals surface area contributed by atoms with E-state index in [1.54, 1.807) is 11.8 Å². The molecular formula is C40H34N4S. The fraction of sp³-hybridized carbons (Fsp3) is 0.125. The van der Waals surface area contributed by atoms with Gasteiger partial charge in [0.1, 0.15) is 5.82 Å². The topological polar surface area (TPSA) is 24.3 Å². The summed E-state index contributed by atoms with van der Waals surface area (Å²) in [6.45, 7) is 5.35. The fourth-order valence-corrected chi connectivity index (χ4v) is 7.59. The molecule has 0 radical (unpaired) electrons. The Morgan fingerprint density at radius 2 is 1.42 bits per heavy atom. The van der Waals surface area contributed by atoms with E-state index in [1.165, 1.54) is 54.3 Å². The Bertz CT molecular complexity index is 2200. The molecule has 0 saturated heterocycles. The standard InChI is InChI=1S/C40H34N4S/c1-27(2)32-13-4-5-14-33(32)28-21-22-41-40(23-28)44-36-16-7-6-15-34(36)35-20-19-31(25-39(35)44)45-30-12-10-11-29(24-30)43-26-42(3)37-17-8-9-18-38(37)43/h4-25,27H,26H2,1-3H3. The number of fused-ring (bicyclic) bond motifs is 4. The summed E-state index contributed by atoms with van der Waals surface area (Å²) >= 11 is 1.80. The van der Waals surface area contributed by atoms with Crippen LogP contribution >= 0.6 is 11.8 Å². The molecule has 0 saturated carbocycles. The maximum atomic E-state index is 4.92.